The minimum Gasteiger partial charge on any atom is -0.352 e. The third kappa shape index (κ3) is 4.76. The van der Waals surface area contributed by atoms with Gasteiger partial charge >= 0.3 is 12.1 Å². The largest absolute Gasteiger partial charge is 0.471 e. The van der Waals surface area contributed by atoms with Gasteiger partial charge in [-0.1, -0.05) is 19.0 Å². The Bertz CT molecular complexity index is 798. The van der Waals surface area contributed by atoms with Crippen molar-refractivity contribution in [2.45, 2.75) is 32.9 Å². The number of carbonyl (C=O) groups excluding carboxylic acids is 1. The summed E-state index contributed by atoms with van der Waals surface area (Å²) < 4.78 is 42.7. The molecule has 1 saturated heterocycles. The summed E-state index contributed by atoms with van der Waals surface area (Å²) in [5.74, 6) is 0.131. The first-order valence-corrected chi connectivity index (χ1v) is 9.02. The lowest BCUT2D eigenvalue weighted by Crippen LogP contribution is -2.52. The number of aryl methyl sites for hydroxylation is 1. The highest BCUT2D eigenvalue weighted by Crippen LogP contribution is 2.22. The summed E-state index contributed by atoms with van der Waals surface area (Å²) >= 11 is 0. The summed E-state index contributed by atoms with van der Waals surface area (Å²) in [5.41, 5.74) is 0.429. The van der Waals surface area contributed by atoms with E-state index in [2.05, 4.69) is 34.2 Å². The molecule has 2 aromatic rings. The maximum Gasteiger partial charge on any atom is 0.471 e. The van der Waals surface area contributed by atoms with Crippen molar-refractivity contribution in [3.05, 3.63) is 18.0 Å². The highest BCUT2D eigenvalue weighted by atomic mass is 19.4. The van der Waals surface area contributed by atoms with Gasteiger partial charge in [0.1, 0.15) is 0 Å². The van der Waals surface area contributed by atoms with Crippen LogP contribution in [0.5, 0.6) is 0 Å². The fraction of sp³-hybridized carbons (Fsp3) is 0.588. The summed E-state index contributed by atoms with van der Waals surface area (Å²) in [6.45, 7) is 4.68. The molecule has 1 fully saturated rings. The van der Waals surface area contributed by atoms with E-state index in [1.165, 1.54) is 0 Å². The van der Waals surface area contributed by atoms with Crippen molar-refractivity contribution < 1.29 is 22.5 Å². The molecule has 3 rings (SSSR count). The van der Waals surface area contributed by atoms with E-state index in [9.17, 15) is 18.0 Å². The van der Waals surface area contributed by atoms with Crippen LogP contribution in [0.2, 0.25) is 0 Å². The van der Waals surface area contributed by atoms with Gasteiger partial charge < -0.3 is 14.3 Å². The maximum atomic E-state index is 12.5. The number of amides is 1. The second-order valence-electron chi connectivity index (χ2n) is 7.00. The highest BCUT2D eigenvalue weighted by Gasteiger charge is 2.43. The summed E-state index contributed by atoms with van der Waals surface area (Å²) in [7, 11) is 0. The molecule has 1 amide bonds. The first-order chi connectivity index (χ1) is 13.2. The average molecular weight is 398 g/mol. The summed E-state index contributed by atoms with van der Waals surface area (Å²) in [5, 5.41) is 12.1. The van der Waals surface area contributed by atoms with Crippen molar-refractivity contribution in [2.75, 3.05) is 31.1 Å². The highest BCUT2D eigenvalue weighted by molar-refractivity contribution is 5.82. The van der Waals surface area contributed by atoms with Crippen molar-refractivity contribution in [1.29, 1.82) is 0 Å². The van der Waals surface area contributed by atoms with Crippen LogP contribution in [0.15, 0.2) is 16.7 Å². The number of nitrogens with zero attached hydrogens (tertiary/aromatic N) is 6. The van der Waals surface area contributed by atoms with Crippen molar-refractivity contribution in [1.82, 2.24) is 25.2 Å². The fourth-order valence-corrected chi connectivity index (χ4v) is 2.80. The number of aromatic nitrogens is 4. The van der Waals surface area contributed by atoms with Gasteiger partial charge in [-0.15, -0.1) is 10.2 Å². The lowest BCUT2D eigenvalue weighted by molar-refractivity contribution is -0.185. The minimum atomic E-state index is -4.85. The second-order valence-corrected chi connectivity index (χ2v) is 7.00. The quantitative estimate of drug-likeness (QED) is 0.764. The number of hydrogen-bond donors (Lipinski definition) is 0. The lowest BCUT2D eigenvalue weighted by atomic mass is 10.1. The predicted octanol–water partition coefficient (Wildman–Crippen LogP) is 2.33. The van der Waals surface area contributed by atoms with E-state index in [1.807, 2.05) is 0 Å². The molecule has 0 saturated carbocycles. The molecule has 0 bridgehead atoms. The van der Waals surface area contributed by atoms with E-state index in [0.29, 0.717) is 29.7 Å². The molecule has 0 unspecified atom stereocenters. The van der Waals surface area contributed by atoms with Gasteiger partial charge in [-0.25, -0.2) is 0 Å². The second kappa shape index (κ2) is 8.11. The predicted molar refractivity (Wildman–Crippen MR) is 93.3 cm³/mol. The van der Waals surface area contributed by atoms with Gasteiger partial charge in [0.2, 0.25) is 0 Å². The first-order valence-electron chi connectivity index (χ1n) is 9.02. The Morgan fingerprint density at radius 3 is 2.46 bits per heavy atom. The van der Waals surface area contributed by atoms with Gasteiger partial charge in [0.25, 0.3) is 5.89 Å². The maximum absolute atomic E-state index is 12.5. The number of piperazine rings is 1. The molecule has 28 heavy (non-hydrogen) atoms. The fourth-order valence-electron chi connectivity index (χ4n) is 2.80. The van der Waals surface area contributed by atoms with Gasteiger partial charge in [0.05, 0.1) is 0 Å². The van der Waals surface area contributed by atoms with Gasteiger partial charge in [-0.2, -0.15) is 18.2 Å². The van der Waals surface area contributed by atoms with E-state index < -0.39 is 12.1 Å². The van der Waals surface area contributed by atoms with Crippen LogP contribution >= 0.6 is 0 Å². The minimum absolute atomic E-state index is 0.0232. The Morgan fingerprint density at radius 2 is 1.89 bits per heavy atom. The molecule has 0 aliphatic carbocycles. The summed E-state index contributed by atoms with van der Waals surface area (Å²) in [6, 6.07) is 3.37. The molecular weight excluding hydrogens is 377 g/mol. The smallest absolute Gasteiger partial charge is 0.352 e. The molecule has 0 spiro atoms. The summed E-state index contributed by atoms with van der Waals surface area (Å²) in [6.07, 6.45) is -3.18. The summed E-state index contributed by atoms with van der Waals surface area (Å²) in [4.78, 5) is 18.2. The van der Waals surface area contributed by atoms with Gasteiger partial charge in [-0.05, 0) is 24.5 Å². The third-order valence-corrected chi connectivity index (χ3v) is 4.42. The zero-order chi connectivity index (χ0) is 20.3. The lowest BCUT2D eigenvalue weighted by Gasteiger charge is -2.35. The van der Waals surface area contributed by atoms with Gasteiger partial charge in [0.15, 0.2) is 17.3 Å². The van der Waals surface area contributed by atoms with Crippen LogP contribution in [-0.4, -0.2) is 63.5 Å². The standard InChI is InChI=1S/C17H21F3N6O2/c1-11(2)3-5-13-21-15(28-24-13)12-4-6-14(23-22-12)25-7-9-26(10-8-25)16(27)17(18,19)20/h4,6,11H,3,5,7-10H2,1-2H3. The van der Waals surface area contributed by atoms with Crippen LogP contribution in [0.3, 0.4) is 0 Å². The molecule has 0 radical (unpaired) electrons. The molecule has 0 N–H and O–H groups in total. The van der Waals surface area contributed by atoms with Crippen LogP contribution in [0.25, 0.3) is 11.6 Å². The Morgan fingerprint density at radius 1 is 1.18 bits per heavy atom. The van der Waals surface area contributed by atoms with Crippen LogP contribution in [0, 0.1) is 5.92 Å². The van der Waals surface area contributed by atoms with Gasteiger partial charge in [0, 0.05) is 32.6 Å². The number of anilines is 1. The van der Waals surface area contributed by atoms with Gasteiger partial charge in [-0.3, -0.25) is 4.79 Å². The molecule has 11 heteroatoms. The Hall–Kier alpha value is -2.72. The molecule has 2 aromatic heterocycles. The molecule has 3 heterocycles. The third-order valence-electron chi connectivity index (χ3n) is 4.42. The van der Waals surface area contributed by atoms with Crippen molar-refractivity contribution >= 4 is 11.7 Å². The SMILES string of the molecule is CC(C)CCc1noc(-c2ccc(N3CCN(C(=O)C(F)(F)F)CC3)nn2)n1. The molecule has 0 aromatic carbocycles. The molecule has 8 nitrogen and oxygen atoms in total. The van der Waals surface area contributed by atoms with Crippen LogP contribution in [0.4, 0.5) is 19.0 Å². The van der Waals surface area contributed by atoms with Crippen LogP contribution < -0.4 is 4.90 Å². The van der Waals surface area contributed by atoms with Crippen LogP contribution in [-0.2, 0) is 11.2 Å². The normalized spacial score (nSPS) is 15.4. The van der Waals surface area contributed by atoms with Crippen molar-refractivity contribution in [2.24, 2.45) is 5.92 Å². The van der Waals surface area contributed by atoms with E-state index in [0.717, 1.165) is 11.3 Å². The zero-order valence-corrected chi connectivity index (χ0v) is 15.6. The molecule has 152 valence electrons. The monoisotopic (exact) mass is 398 g/mol. The molecule has 0 atom stereocenters. The van der Waals surface area contributed by atoms with Crippen molar-refractivity contribution in [3.8, 4) is 11.6 Å². The molecular formula is C17H21F3N6O2. The number of carbonyl (C=O) groups is 1. The zero-order valence-electron chi connectivity index (χ0n) is 15.6. The Balaban J connectivity index is 1.59. The number of alkyl halides is 3. The van der Waals surface area contributed by atoms with E-state index in [1.54, 1.807) is 17.0 Å². The molecule has 1 aliphatic heterocycles. The molecule has 1 aliphatic rings. The van der Waals surface area contributed by atoms with Crippen molar-refractivity contribution in [3.63, 3.8) is 0 Å². The topological polar surface area (TPSA) is 88.3 Å². The van der Waals surface area contributed by atoms with E-state index >= 15 is 0 Å². The first kappa shape index (κ1) is 20.0. The van der Waals surface area contributed by atoms with E-state index in [-0.39, 0.29) is 32.1 Å². The number of hydrogen-bond acceptors (Lipinski definition) is 7. The Labute approximate surface area is 159 Å². The average Bonchev–Trinajstić information content (AvgIpc) is 3.14. The number of halogens is 3. The van der Waals surface area contributed by atoms with Crippen LogP contribution in [0.1, 0.15) is 26.1 Å². The number of rotatable bonds is 5. The van der Waals surface area contributed by atoms with E-state index in [4.69, 9.17) is 4.52 Å². The Kier molecular flexibility index (Phi) is 5.80.